The first-order chi connectivity index (χ1) is 10.8. The Morgan fingerprint density at radius 1 is 1.23 bits per heavy atom. The van der Waals surface area contributed by atoms with Gasteiger partial charge in [0.05, 0.1) is 0 Å². The molecule has 3 aromatic heterocycles. The van der Waals surface area contributed by atoms with Gasteiger partial charge < -0.3 is 5.32 Å². The van der Waals surface area contributed by atoms with Crippen LogP contribution in [0.3, 0.4) is 0 Å². The summed E-state index contributed by atoms with van der Waals surface area (Å²) < 4.78 is 1.71. The second kappa shape index (κ2) is 6.13. The number of rotatable bonds is 4. The summed E-state index contributed by atoms with van der Waals surface area (Å²) in [6.07, 6.45) is 7.50. The van der Waals surface area contributed by atoms with Gasteiger partial charge in [-0.25, -0.2) is 4.98 Å². The highest BCUT2D eigenvalue weighted by Gasteiger charge is 2.09. The number of hydrogen-bond acceptors (Lipinski definition) is 5. The molecule has 0 saturated heterocycles. The Balaban J connectivity index is 1.74. The second-order valence-corrected chi connectivity index (χ2v) is 4.59. The second-order valence-electron chi connectivity index (χ2n) is 4.59. The molecule has 1 amide bonds. The molecule has 7 heteroatoms. The van der Waals surface area contributed by atoms with E-state index < -0.39 is 0 Å². The highest BCUT2D eigenvalue weighted by atomic mass is 16.1. The van der Waals surface area contributed by atoms with Crippen LogP contribution in [-0.2, 0) is 6.42 Å². The van der Waals surface area contributed by atoms with Crippen molar-refractivity contribution < 1.29 is 4.79 Å². The van der Waals surface area contributed by atoms with Crippen LogP contribution >= 0.6 is 0 Å². The molecule has 0 spiro atoms. The SMILES string of the molecule is CCc1cc(NC(=O)c2ccc(-n3ccnc3)nn2)ccn1. The fraction of sp³-hybridized carbons (Fsp3) is 0.133. The summed E-state index contributed by atoms with van der Waals surface area (Å²) in [7, 11) is 0. The van der Waals surface area contributed by atoms with Gasteiger partial charge in [-0.05, 0) is 30.7 Å². The van der Waals surface area contributed by atoms with E-state index in [1.54, 1.807) is 47.7 Å². The maximum absolute atomic E-state index is 12.2. The van der Waals surface area contributed by atoms with Crippen molar-refractivity contribution in [3.8, 4) is 5.82 Å². The van der Waals surface area contributed by atoms with Gasteiger partial charge >= 0.3 is 0 Å². The van der Waals surface area contributed by atoms with Gasteiger partial charge in [0.25, 0.3) is 5.91 Å². The molecule has 1 N–H and O–H groups in total. The lowest BCUT2D eigenvalue weighted by Crippen LogP contribution is -2.15. The molecule has 3 aromatic rings. The largest absolute Gasteiger partial charge is 0.320 e. The molecule has 0 radical (unpaired) electrons. The molecular weight excluding hydrogens is 280 g/mol. The van der Waals surface area contributed by atoms with Crippen LogP contribution in [0.2, 0.25) is 0 Å². The standard InChI is InChI=1S/C15H14N6O/c1-2-11-9-12(5-6-17-11)18-15(22)13-3-4-14(20-19-13)21-8-7-16-10-21/h3-10H,2H2,1H3,(H,17,18,22). The van der Waals surface area contributed by atoms with Crippen LogP contribution in [0.4, 0.5) is 5.69 Å². The Bertz CT molecular complexity index is 767. The van der Waals surface area contributed by atoms with E-state index in [2.05, 4.69) is 25.5 Å². The van der Waals surface area contributed by atoms with Gasteiger partial charge in [-0.1, -0.05) is 6.92 Å². The van der Waals surface area contributed by atoms with Gasteiger partial charge in [0.2, 0.25) is 0 Å². The first-order valence-corrected chi connectivity index (χ1v) is 6.84. The summed E-state index contributed by atoms with van der Waals surface area (Å²) in [6.45, 7) is 2.01. The van der Waals surface area contributed by atoms with E-state index in [4.69, 9.17) is 0 Å². The minimum Gasteiger partial charge on any atom is -0.320 e. The van der Waals surface area contributed by atoms with E-state index in [-0.39, 0.29) is 11.6 Å². The molecular formula is C15H14N6O. The number of pyridine rings is 1. The monoisotopic (exact) mass is 294 g/mol. The lowest BCUT2D eigenvalue weighted by atomic mass is 10.2. The number of carbonyl (C=O) groups excluding carboxylic acids is 1. The van der Waals surface area contributed by atoms with Crippen molar-refractivity contribution in [3.63, 3.8) is 0 Å². The number of aromatic nitrogens is 5. The number of anilines is 1. The molecule has 0 saturated carbocycles. The third-order valence-electron chi connectivity index (χ3n) is 3.09. The zero-order valence-corrected chi connectivity index (χ0v) is 12.0. The normalized spacial score (nSPS) is 10.4. The van der Waals surface area contributed by atoms with Crippen molar-refractivity contribution >= 4 is 11.6 Å². The van der Waals surface area contributed by atoms with Crippen LogP contribution in [0.5, 0.6) is 0 Å². The third-order valence-corrected chi connectivity index (χ3v) is 3.09. The molecule has 0 aliphatic heterocycles. The van der Waals surface area contributed by atoms with Gasteiger partial charge in [0.1, 0.15) is 6.33 Å². The van der Waals surface area contributed by atoms with E-state index >= 15 is 0 Å². The fourth-order valence-electron chi connectivity index (χ4n) is 1.92. The Morgan fingerprint density at radius 3 is 2.82 bits per heavy atom. The van der Waals surface area contributed by atoms with Crippen molar-refractivity contribution in [2.75, 3.05) is 5.32 Å². The zero-order chi connectivity index (χ0) is 15.4. The molecule has 0 bridgehead atoms. The molecule has 7 nitrogen and oxygen atoms in total. The molecule has 0 unspecified atom stereocenters. The summed E-state index contributed by atoms with van der Waals surface area (Å²) in [4.78, 5) is 20.3. The maximum atomic E-state index is 12.2. The summed E-state index contributed by atoms with van der Waals surface area (Å²) in [5.74, 6) is 0.296. The smallest absolute Gasteiger partial charge is 0.276 e. The number of nitrogens with zero attached hydrogens (tertiary/aromatic N) is 5. The number of imidazole rings is 1. The number of nitrogens with one attached hydrogen (secondary N) is 1. The van der Waals surface area contributed by atoms with E-state index in [0.29, 0.717) is 11.5 Å². The highest BCUT2D eigenvalue weighted by Crippen LogP contribution is 2.10. The topological polar surface area (TPSA) is 85.6 Å². The first-order valence-electron chi connectivity index (χ1n) is 6.84. The number of hydrogen-bond donors (Lipinski definition) is 1. The van der Waals surface area contributed by atoms with Gasteiger partial charge in [0, 0.05) is 30.0 Å². The predicted molar refractivity (Wildman–Crippen MR) is 80.7 cm³/mol. The number of carbonyl (C=O) groups is 1. The maximum Gasteiger partial charge on any atom is 0.276 e. The van der Waals surface area contributed by atoms with Crippen LogP contribution in [0.15, 0.2) is 49.2 Å². The molecule has 0 aromatic carbocycles. The van der Waals surface area contributed by atoms with Crippen LogP contribution in [0, 0.1) is 0 Å². The molecule has 0 aliphatic rings. The molecule has 22 heavy (non-hydrogen) atoms. The molecule has 3 rings (SSSR count). The molecule has 3 heterocycles. The zero-order valence-electron chi connectivity index (χ0n) is 12.0. The predicted octanol–water partition coefficient (Wildman–Crippen LogP) is 1.87. The Morgan fingerprint density at radius 2 is 2.14 bits per heavy atom. The van der Waals surface area contributed by atoms with Crippen molar-refractivity contribution in [1.29, 1.82) is 0 Å². The average molecular weight is 294 g/mol. The Hall–Kier alpha value is -3.09. The van der Waals surface area contributed by atoms with Crippen molar-refractivity contribution in [3.05, 3.63) is 60.6 Å². The van der Waals surface area contributed by atoms with Crippen LogP contribution < -0.4 is 5.32 Å². The lowest BCUT2D eigenvalue weighted by Gasteiger charge is -2.06. The fourth-order valence-corrected chi connectivity index (χ4v) is 1.92. The minimum absolute atomic E-state index is 0.249. The summed E-state index contributed by atoms with van der Waals surface area (Å²) in [5, 5.41) is 10.8. The summed E-state index contributed by atoms with van der Waals surface area (Å²) in [6, 6.07) is 6.92. The first kappa shape index (κ1) is 13.9. The van der Waals surface area contributed by atoms with E-state index in [1.807, 2.05) is 13.0 Å². The van der Waals surface area contributed by atoms with Gasteiger partial charge in [-0.15, -0.1) is 10.2 Å². The van der Waals surface area contributed by atoms with Crippen molar-refractivity contribution in [2.24, 2.45) is 0 Å². The third kappa shape index (κ3) is 2.98. The number of amides is 1. The van der Waals surface area contributed by atoms with Crippen LogP contribution in [-0.4, -0.2) is 30.6 Å². The molecule has 0 aliphatic carbocycles. The van der Waals surface area contributed by atoms with Gasteiger partial charge in [-0.3, -0.25) is 14.3 Å². The Kier molecular flexibility index (Phi) is 3.86. The van der Waals surface area contributed by atoms with Crippen LogP contribution in [0.1, 0.15) is 23.1 Å². The van der Waals surface area contributed by atoms with Crippen molar-refractivity contribution in [2.45, 2.75) is 13.3 Å². The summed E-state index contributed by atoms with van der Waals surface area (Å²) >= 11 is 0. The minimum atomic E-state index is -0.307. The lowest BCUT2D eigenvalue weighted by molar-refractivity contribution is 0.102. The highest BCUT2D eigenvalue weighted by molar-refractivity contribution is 6.02. The van der Waals surface area contributed by atoms with Crippen molar-refractivity contribution in [1.82, 2.24) is 24.7 Å². The average Bonchev–Trinajstić information content (AvgIpc) is 3.09. The number of aryl methyl sites for hydroxylation is 1. The van der Waals surface area contributed by atoms with Crippen LogP contribution in [0.25, 0.3) is 5.82 Å². The Labute approximate surface area is 127 Å². The molecule has 110 valence electrons. The molecule has 0 fully saturated rings. The quantitative estimate of drug-likeness (QED) is 0.794. The molecule has 0 atom stereocenters. The van der Waals surface area contributed by atoms with Gasteiger partial charge in [0.15, 0.2) is 11.5 Å². The van der Waals surface area contributed by atoms with Gasteiger partial charge in [-0.2, -0.15) is 0 Å². The van der Waals surface area contributed by atoms with E-state index in [9.17, 15) is 4.79 Å². The van der Waals surface area contributed by atoms with E-state index in [0.717, 1.165) is 12.1 Å². The summed E-state index contributed by atoms with van der Waals surface area (Å²) in [5.41, 5.74) is 1.86. The van der Waals surface area contributed by atoms with E-state index in [1.165, 1.54) is 0 Å².